The van der Waals surface area contributed by atoms with Crippen LogP contribution in [0.15, 0.2) is 51.3 Å². The molecule has 0 spiro atoms. The van der Waals surface area contributed by atoms with Gasteiger partial charge in [-0.1, -0.05) is 0 Å². The lowest BCUT2D eigenvalue weighted by atomic mass is 9.58. The first kappa shape index (κ1) is 28.6. The van der Waals surface area contributed by atoms with Crippen molar-refractivity contribution in [2.75, 3.05) is 21.1 Å². The molecule has 1 heterocycles. The number of Topliss-reactive ketones (excluding diaryl/α,β-unsaturated/α-hetero) is 2. The highest BCUT2D eigenvalue weighted by atomic mass is 16.4. The highest BCUT2D eigenvalue weighted by Crippen LogP contribution is 2.53. The van der Waals surface area contributed by atoms with E-state index in [9.17, 15) is 34.8 Å². The molecule has 1 aromatic carbocycles. The van der Waals surface area contributed by atoms with Crippen LogP contribution in [0.5, 0.6) is 5.75 Å². The summed E-state index contributed by atoms with van der Waals surface area (Å²) in [7, 11) is 5.16. The average molecular weight is 566 g/mol. The van der Waals surface area contributed by atoms with Crippen LogP contribution in [-0.4, -0.2) is 86.5 Å². The zero-order valence-electron chi connectivity index (χ0n) is 23.6. The van der Waals surface area contributed by atoms with Gasteiger partial charge in [-0.25, -0.2) is 0 Å². The number of furan rings is 1. The lowest BCUT2D eigenvalue weighted by Gasteiger charge is -2.50. The van der Waals surface area contributed by atoms with Crippen LogP contribution >= 0.6 is 0 Å². The number of phenols is 1. The number of hydrogen-bond donors (Lipinski definition) is 5. The standard InChI is InChI=1S/C30H35N3O8/c1-13(2)33(5)12-15-6-9-20(41-15)16-7-8-19(34)22-17(16)10-14-11-18-24(32(3)4)26(36)23(29(31)39)28(38)30(18,40)27(37)21(14)25(22)35/h6-9,13-14,18,24,34,36-37,40H,10-12H2,1-5H3,(H2,31,39)/t14-,18-,24-,30-/m0/s1. The van der Waals surface area contributed by atoms with E-state index in [1.165, 1.54) is 11.0 Å². The summed E-state index contributed by atoms with van der Waals surface area (Å²) in [6.45, 7) is 4.72. The van der Waals surface area contributed by atoms with Gasteiger partial charge in [0.1, 0.15) is 34.4 Å². The first-order valence-electron chi connectivity index (χ1n) is 13.5. The number of allylic oxidation sites excluding steroid dienone is 1. The Hall–Kier alpha value is -3.93. The second-order valence-corrected chi connectivity index (χ2v) is 11.7. The van der Waals surface area contributed by atoms with Gasteiger partial charge in [0.05, 0.1) is 18.2 Å². The molecule has 2 aromatic rings. The molecular formula is C30H35N3O8. The quantitative estimate of drug-likeness (QED) is 0.326. The molecule has 0 aliphatic heterocycles. The van der Waals surface area contributed by atoms with E-state index in [2.05, 4.69) is 18.7 Å². The van der Waals surface area contributed by atoms with Gasteiger partial charge in [-0.15, -0.1) is 0 Å². The molecule has 0 radical (unpaired) electrons. The summed E-state index contributed by atoms with van der Waals surface area (Å²) >= 11 is 0. The highest BCUT2D eigenvalue weighted by Gasteiger charge is 2.63. The summed E-state index contributed by atoms with van der Waals surface area (Å²) in [5.41, 5.74) is 2.74. The zero-order chi connectivity index (χ0) is 30.1. The first-order valence-corrected chi connectivity index (χ1v) is 13.5. The van der Waals surface area contributed by atoms with E-state index in [4.69, 9.17) is 10.2 Å². The van der Waals surface area contributed by atoms with Gasteiger partial charge in [0.15, 0.2) is 11.4 Å². The van der Waals surface area contributed by atoms with E-state index >= 15 is 0 Å². The minimum atomic E-state index is -2.67. The number of rotatable bonds is 6. The highest BCUT2D eigenvalue weighted by molar-refractivity contribution is 6.24. The van der Waals surface area contributed by atoms with Crippen molar-refractivity contribution in [3.05, 3.63) is 63.8 Å². The third-order valence-corrected chi connectivity index (χ3v) is 8.82. The molecule has 3 aliphatic rings. The van der Waals surface area contributed by atoms with Crippen LogP contribution in [0.1, 0.15) is 41.9 Å². The summed E-state index contributed by atoms with van der Waals surface area (Å²) in [5.74, 6) is -5.58. The molecule has 6 N–H and O–H groups in total. The van der Waals surface area contributed by atoms with Gasteiger partial charge in [0.2, 0.25) is 5.78 Å². The number of aromatic hydroxyl groups is 1. The van der Waals surface area contributed by atoms with Crippen LogP contribution in [0.25, 0.3) is 11.3 Å². The van der Waals surface area contributed by atoms with Crippen molar-refractivity contribution in [1.82, 2.24) is 9.80 Å². The Morgan fingerprint density at radius 3 is 2.41 bits per heavy atom. The number of benzene rings is 1. The van der Waals surface area contributed by atoms with Crippen LogP contribution in [0.3, 0.4) is 0 Å². The molecule has 0 saturated heterocycles. The van der Waals surface area contributed by atoms with Gasteiger partial charge in [0, 0.05) is 23.1 Å². The van der Waals surface area contributed by atoms with Gasteiger partial charge in [-0.2, -0.15) is 0 Å². The number of hydrogen-bond acceptors (Lipinski definition) is 10. The Morgan fingerprint density at radius 1 is 1.12 bits per heavy atom. The summed E-state index contributed by atoms with van der Waals surface area (Å²) in [5, 5.41) is 44.8. The smallest absolute Gasteiger partial charge is 0.255 e. The molecule has 11 heteroatoms. The number of aliphatic hydroxyl groups is 3. The monoisotopic (exact) mass is 565 g/mol. The fourth-order valence-electron chi connectivity index (χ4n) is 6.52. The Balaban J connectivity index is 1.63. The van der Waals surface area contributed by atoms with E-state index in [0.717, 1.165) is 5.76 Å². The van der Waals surface area contributed by atoms with Crippen LogP contribution < -0.4 is 5.73 Å². The van der Waals surface area contributed by atoms with E-state index in [1.54, 1.807) is 26.2 Å². The van der Waals surface area contributed by atoms with Crippen LogP contribution in [0, 0.1) is 11.8 Å². The minimum absolute atomic E-state index is 0.0173. The molecule has 11 nitrogen and oxygen atoms in total. The third-order valence-electron chi connectivity index (χ3n) is 8.82. The molecule has 4 atom stereocenters. The lowest BCUT2D eigenvalue weighted by Crippen LogP contribution is -2.63. The van der Waals surface area contributed by atoms with Gasteiger partial charge in [-0.05, 0) is 83.6 Å². The number of amides is 1. The molecular weight excluding hydrogens is 530 g/mol. The number of fused-ring (bicyclic) bond motifs is 3. The maximum atomic E-state index is 13.9. The number of nitrogens with two attached hydrogens (primary N) is 1. The van der Waals surface area contributed by atoms with Crippen LogP contribution in [0.2, 0.25) is 0 Å². The number of primary amides is 1. The van der Waals surface area contributed by atoms with E-state index in [1.807, 2.05) is 13.1 Å². The van der Waals surface area contributed by atoms with Crippen LogP contribution in [0.4, 0.5) is 0 Å². The molecule has 0 bridgehead atoms. The fourth-order valence-corrected chi connectivity index (χ4v) is 6.52. The maximum Gasteiger partial charge on any atom is 0.255 e. The maximum absolute atomic E-state index is 13.9. The van der Waals surface area contributed by atoms with Gasteiger partial charge >= 0.3 is 0 Å². The largest absolute Gasteiger partial charge is 0.510 e. The van der Waals surface area contributed by atoms with Gasteiger partial charge in [-0.3, -0.25) is 24.2 Å². The number of carbonyl (C=O) groups excluding carboxylic acids is 3. The molecule has 3 aliphatic carbocycles. The van der Waals surface area contributed by atoms with Crippen molar-refractivity contribution < 1.29 is 39.2 Å². The Kier molecular flexibility index (Phi) is 6.88. The first-order chi connectivity index (χ1) is 19.2. The number of aliphatic hydroxyl groups excluding tert-OH is 2. The topological polar surface area (TPSA) is 178 Å². The molecule has 0 fully saturated rings. The van der Waals surface area contributed by atoms with Gasteiger partial charge < -0.3 is 30.6 Å². The minimum Gasteiger partial charge on any atom is -0.510 e. The molecule has 5 rings (SSSR count). The average Bonchev–Trinajstić information content (AvgIpc) is 3.34. The van der Waals surface area contributed by atoms with Crippen molar-refractivity contribution in [3.8, 4) is 17.1 Å². The number of carbonyl (C=O) groups is 3. The zero-order valence-corrected chi connectivity index (χ0v) is 23.6. The summed E-state index contributed by atoms with van der Waals surface area (Å²) in [6.07, 6.45) is 0.198. The number of ketones is 2. The Morgan fingerprint density at radius 2 is 1.80 bits per heavy atom. The molecule has 0 saturated carbocycles. The number of nitrogens with zero attached hydrogens (tertiary/aromatic N) is 2. The molecule has 1 amide bonds. The second-order valence-electron chi connectivity index (χ2n) is 11.7. The van der Waals surface area contributed by atoms with Crippen molar-refractivity contribution in [2.45, 2.75) is 50.9 Å². The summed E-state index contributed by atoms with van der Waals surface area (Å²) < 4.78 is 6.13. The third kappa shape index (κ3) is 4.18. The van der Waals surface area contributed by atoms with E-state index < -0.39 is 58.0 Å². The van der Waals surface area contributed by atoms with E-state index in [0.29, 0.717) is 29.5 Å². The second kappa shape index (κ2) is 9.86. The predicted octanol–water partition coefficient (Wildman–Crippen LogP) is 2.22. The van der Waals surface area contributed by atoms with Gasteiger partial charge in [0.25, 0.3) is 5.91 Å². The number of phenolic OH excluding ortho intramolecular Hbond substituents is 1. The molecule has 218 valence electrons. The van der Waals surface area contributed by atoms with Crippen molar-refractivity contribution in [2.24, 2.45) is 17.6 Å². The fraction of sp³-hybridized carbons (Fsp3) is 0.433. The van der Waals surface area contributed by atoms with E-state index in [-0.39, 0.29) is 29.7 Å². The Labute approximate surface area is 237 Å². The lowest BCUT2D eigenvalue weighted by molar-refractivity contribution is -0.148. The van der Waals surface area contributed by atoms with Crippen molar-refractivity contribution in [1.29, 1.82) is 0 Å². The Bertz CT molecular complexity index is 1530. The van der Waals surface area contributed by atoms with Crippen molar-refractivity contribution >= 4 is 17.5 Å². The van der Waals surface area contributed by atoms with Crippen molar-refractivity contribution in [3.63, 3.8) is 0 Å². The number of likely N-dealkylation sites (N-methyl/N-ethyl adjacent to an activating group) is 1. The molecule has 41 heavy (non-hydrogen) atoms. The summed E-state index contributed by atoms with van der Waals surface area (Å²) in [4.78, 5) is 43.1. The normalized spacial score (nSPS) is 26.1. The SMILES string of the molecule is CC(C)N(C)Cc1ccc(-c2ccc(O)c3c2C[C@H]2C[C@H]4[C@H](N(C)C)C(O)=C(C(N)=O)C(=O)[C@@]4(O)C(O)=C2C3=O)o1. The molecule has 1 aromatic heterocycles. The summed E-state index contributed by atoms with van der Waals surface area (Å²) in [6, 6.07) is 5.96. The molecule has 0 unspecified atom stereocenters. The predicted molar refractivity (Wildman–Crippen MR) is 148 cm³/mol. The van der Waals surface area contributed by atoms with Crippen LogP contribution in [-0.2, 0) is 22.6 Å².